The zero-order valence-electron chi connectivity index (χ0n) is 45.6. The number of carboxylic acids is 1. The standard InChI is InChI=1S/C31H36N2O7.C31H38N2O5/c1-28-12-19-14-33(21-5-3-4-18(10-21)27(35)36)32-24(19)11-20(28)6-7-22-23-8-9-30(29(23,2)13-25(34)26(22)28)31(40-17-38-30)15-37-16-39-31;1-19-5-4-6-22(11-19)33-25-12-21-7-8-23-24-9-10-30(31(38-18-36-30)16-35-17-37-31)29(24,3)14-26(34)27(23)28(21,2)13-20(25)15-32-33/h3-5,10-11,14,22-23,25-26,34H,6-9,12-13,15-17H2,1-2H3,(H,35,36);4-6,11-12,15,23-24,26-27,34H,7-10,13-14,16-18H2,1-3H3/t22-,23-,25-,26+,28-,29-,30+,31?;23-,24-,26-,27+,28-,29-,30+,31?/m00/s1. The first-order chi connectivity index (χ1) is 37.5. The zero-order chi connectivity index (χ0) is 53.4. The number of carbonyl (C=O) groups is 1. The molecule has 0 amide bonds. The summed E-state index contributed by atoms with van der Waals surface area (Å²) in [4.78, 5) is 11.5. The highest BCUT2D eigenvalue weighted by atomic mass is 16.9. The lowest BCUT2D eigenvalue weighted by molar-refractivity contribution is -0.257. The Hall–Kier alpha value is -4.59. The SMILES string of the molecule is C[C@]12Cc3cn(-c4cccc(C(=O)O)c4)nc3C=C1CC[C@@H]1[C@@H]2[C@@H](O)C[C@@]2(C)[C@H]1CC[C@@]21OCOC12COCO2.Cc1cccc(-n2ncc3c2C=C2CC[C@@H]4[C@H]([C@@H](O)C[C@@]5(C)[C@H]4CC[C@@]54OCOC45COCO5)[C@@]2(C)C3)c1. The quantitative estimate of drug-likeness (QED) is 0.177. The predicted octanol–water partition coefficient (Wildman–Crippen LogP) is 8.94. The van der Waals surface area contributed by atoms with Crippen LogP contribution in [0.25, 0.3) is 23.5 Å². The lowest BCUT2D eigenvalue weighted by atomic mass is 9.45. The first-order valence-corrected chi connectivity index (χ1v) is 28.8. The van der Waals surface area contributed by atoms with Gasteiger partial charge in [-0.1, -0.05) is 57.0 Å². The summed E-state index contributed by atoms with van der Waals surface area (Å²) in [6.45, 7) is 13.1. The predicted molar refractivity (Wildman–Crippen MR) is 283 cm³/mol. The molecule has 4 spiro atoms. The minimum absolute atomic E-state index is 0.0788. The molecule has 10 fully saturated rings. The fourth-order valence-corrected chi connectivity index (χ4v) is 20.2. The topological polar surface area (TPSA) is 187 Å². The lowest BCUT2D eigenvalue weighted by Crippen LogP contribution is -2.66. The molecule has 16 heteroatoms. The van der Waals surface area contributed by atoms with Gasteiger partial charge in [-0.2, -0.15) is 10.2 Å². The third-order valence-electron chi connectivity index (χ3n) is 23.4. The van der Waals surface area contributed by atoms with Crippen molar-refractivity contribution in [2.45, 2.75) is 147 Å². The van der Waals surface area contributed by atoms with Gasteiger partial charge in [0.2, 0.25) is 11.6 Å². The molecule has 414 valence electrons. The number of fused-ring (bicyclic) bond motifs is 16. The molecule has 0 bridgehead atoms. The van der Waals surface area contributed by atoms with Gasteiger partial charge in [0.1, 0.15) is 24.4 Å². The van der Waals surface area contributed by atoms with Crippen LogP contribution in [-0.4, -0.2) is 116 Å². The van der Waals surface area contributed by atoms with Gasteiger partial charge in [-0.25, -0.2) is 14.2 Å². The summed E-state index contributed by atoms with van der Waals surface area (Å²) >= 11 is 0. The molecule has 16 atom stereocenters. The Kier molecular flexibility index (Phi) is 11.1. The molecular weight excluding hydrogens is 993 g/mol. The third-order valence-corrected chi connectivity index (χ3v) is 23.4. The van der Waals surface area contributed by atoms with Crippen molar-refractivity contribution in [3.05, 3.63) is 106 Å². The van der Waals surface area contributed by atoms with Crippen molar-refractivity contribution in [3.63, 3.8) is 0 Å². The van der Waals surface area contributed by atoms with Crippen molar-refractivity contribution in [2.75, 3.05) is 40.4 Å². The molecule has 0 radical (unpaired) electrons. The highest BCUT2D eigenvalue weighted by molar-refractivity contribution is 5.88. The summed E-state index contributed by atoms with van der Waals surface area (Å²) in [5, 5.41) is 43.2. The van der Waals surface area contributed by atoms with Crippen LogP contribution in [-0.2, 0) is 50.7 Å². The fraction of sp³-hybridized carbons (Fsp3) is 0.629. The van der Waals surface area contributed by atoms with Crippen molar-refractivity contribution >= 4 is 18.1 Å². The Morgan fingerprint density at radius 1 is 0.667 bits per heavy atom. The highest BCUT2D eigenvalue weighted by Gasteiger charge is 2.78. The number of aromatic carboxylic acids is 1. The van der Waals surface area contributed by atoms with E-state index in [2.05, 4.69) is 81.9 Å². The Morgan fingerprint density at radius 2 is 1.23 bits per heavy atom. The van der Waals surface area contributed by atoms with E-state index in [4.69, 9.17) is 48.1 Å². The van der Waals surface area contributed by atoms with Crippen molar-refractivity contribution in [2.24, 2.45) is 57.2 Å². The van der Waals surface area contributed by atoms with Crippen LogP contribution >= 0.6 is 0 Å². The molecular formula is C62H74N4O12. The summed E-state index contributed by atoms with van der Waals surface area (Å²) in [6.07, 6.45) is 18.9. The maximum Gasteiger partial charge on any atom is 0.335 e. The van der Waals surface area contributed by atoms with Crippen LogP contribution in [0.15, 0.2) is 72.1 Å². The zero-order valence-corrected chi connectivity index (χ0v) is 45.6. The molecule has 4 saturated heterocycles. The fourth-order valence-electron chi connectivity index (χ4n) is 20.2. The van der Waals surface area contributed by atoms with E-state index in [1.54, 1.807) is 22.9 Å². The summed E-state index contributed by atoms with van der Waals surface area (Å²) < 4.78 is 52.8. The molecule has 16 nitrogen and oxygen atoms in total. The van der Waals surface area contributed by atoms with Gasteiger partial charge >= 0.3 is 5.97 Å². The minimum Gasteiger partial charge on any atom is -0.478 e. The number of aryl methyl sites for hydroxylation is 1. The summed E-state index contributed by atoms with van der Waals surface area (Å²) in [7, 11) is 0. The molecule has 3 N–H and O–H groups in total. The summed E-state index contributed by atoms with van der Waals surface area (Å²) in [6, 6.07) is 15.4. The Morgan fingerprint density at radius 3 is 1.81 bits per heavy atom. The van der Waals surface area contributed by atoms with E-state index < -0.39 is 41.0 Å². The molecule has 8 aliphatic carbocycles. The number of aliphatic hydroxyl groups excluding tert-OH is 2. The Labute approximate surface area is 455 Å². The number of rotatable bonds is 3. The summed E-state index contributed by atoms with van der Waals surface area (Å²) in [5.74, 6) is -0.708. The molecule has 2 aromatic heterocycles. The molecule has 4 aliphatic heterocycles. The summed E-state index contributed by atoms with van der Waals surface area (Å²) in [5.41, 5.74) is 8.76. The normalized spacial score (nSPS) is 44.2. The van der Waals surface area contributed by atoms with Crippen molar-refractivity contribution in [3.8, 4) is 11.4 Å². The lowest BCUT2D eigenvalue weighted by Gasteiger charge is -2.61. The molecule has 6 saturated carbocycles. The van der Waals surface area contributed by atoms with E-state index in [9.17, 15) is 20.1 Å². The van der Waals surface area contributed by atoms with E-state index in [1.807, 2.05) is 12.3 Å². The number of hydrogen-bond acceptors (Lipinski definition) is 13. The van der Waals surface area contributed by atoms with Crippen molar-refractivity contribution in [1.82, 2.24) is 19.6 Å². The van der Waals surface area contributed by atoms with Gasteiger partial charge in [-0.3, -0.25) is 0 Å². The van der Waals surface area contributed by atoms with Gasteiger partial charge < -0.3 is 53.2 Å². The van der Waals surface area contributed by atoms with E-state index in [0.29, 0.717) is 49.7 Å². The minimum atomic E-state index is -0.954. The maximum absolute atomic E-state index is 12.0. The average molecular weight is 1070 g/mol. The molecule has 2 unspecified atom stereocenters. The number of allylic oxidation sites excluding steroid dienone is 2. The van der Waals surface area contributed by atoms with E-state index >= 15 is 0 Å². The number of hydrogen-bond donors (Lipinski definition) is 3. The second-order valence-corrected chi connectivity index (χ2v) is 26.5. The average Bonchev–Trinajstić information content (AvgIpc) is 3.37. The van der Waals surface area contributed by atoms with Crippen LogP contribution in [0.4, 0.5) is 0 Å². The van der Waals surface area contributed by atoms with E-state index in [-0.39, 0.29) is 66.2 Å². The smallest absolute Gasteiger partial charge is 0.335 e. The van der Waals surface area contributed by atoms with Crippen LogP contribution in [0.5, 0.6) is 0 Å². The first-order valence-electron chi connectivity index (χ1n) is 28.8. The van der Waals surface area contributed by atoms with Crippen molar-refractivity contribution < 1.29 is 58.0 Å². The second kappa shape index (κ2) is 17.2. The number of ether oxygens (including phenoxy) is 8. The molecule has 78 heavy (non-hydrogen) atoms. The van der Waals surface area contributed by atoms with Crippen LogP contribution in [0, 0.1) is 64.1 Å². The molecule has 12 aliphatic rings. The van der Waals surface area contributed by atoms with Gasteiger partial charge in [0.15, 0.2) is 27.2 Å². The number of aliphatic hydroxyl groups is 2. The number of carboxylic acid groups (broad SMARTS) is 1. The number of nitrogens with zero attached hydrogens (tertiary/aromatic N) is 4. The number of aromatic nitrogens is 4. The van der Waals surface area contributed by atoms with Crippen LogP contribution < -0.4 is 0 Å². The highest BCUT2D eigenvalue weighted by Crippen LogP contribution is 2.73. The van der Waals surface area contributed by atoms with E-state index in [0.717, 1.165) is 86.8 Å². The Balaban J connectivity index is 0.000000136. The van der Waals surface area contributed by atoms with Crippen LogP contribution in [0.2, 0.25) is 0 Å². The van der Waals surface area contributed by atoms with Gasteiger partial charge in [-0.05, 0) is 189 Å². The number of benzene rings is 2. The molecule has 16 rings (SSSR count). The van der Waals surface area contributed by atoms with Gasteiger partial charge in [0.05, 0.1) is 46.7 Å². The van der Waals surface area contributed by atoms with E-state index in [1.165, 1.54) is 28.0 Å². The Bertz CT molecular complexity index is 3160. The first kappa shape index (κ1) is 50.4. The van der Waals surface area contributed by atoms with Crippen molar-refractivity contribution in [1.29, 1.82) is 0 Å². The molecule has 6 heterocycles. The van der Waals surface area contributed by atoms with Gasteiger partial charge in [0, 0.05) is 17.0 Å². The second-order valence-electron chi connectivity index (χ2n) is 26.5. The van der Waals surface area contributed by atoms with Crippen LogP contribution in [0.3, 0.4) is 0 Å². The molecule has 2 aromatic carbocycles. The third kappa shape index (κ3) is 6.55. The molecule has 4 aromatic rings. The van der Waals surface area contributed by atoms with Gasteiger partial charge in [-0.15, -0.1) is 0 Å². The largest absolute Gasteiger partial charge is 0.478 e. The maximum atomic E-state index is 12.0. The van der Waals surface area contributed by atoms with Gasteiger partial charge in [0.25, 0.3) is 0 Å². The monoisotopic (exact) mass is 1070 g/mol. The van der Waals surface area contributed by atoms with Crippen LogP contribution in [0.1, 0.15) is 130 Å².